The molecule has 1 saturated heterocycles. The van der Waals surface area contributed by atoms with Crippen LogP contribution in [-0.4, -0.2) is 48.8 Å². The van der Waals surface area contributed by atoms with Crippen LogP contribution in [0.3, 0.4) is 0 Å². The average Bonchev–Trinajstić information content (AvgIpc) is 2.48. The largest absolute Gasteiger partial charge is 0.379 e. The van der Waals surface area contributed by atoms with Gasteiger partial charge >= 0.3 is 0 Å². The number of anilines is 1. The summed E-state index contributed by atoms with van der Waals surface area (Å²) in [7, 11) is 0. The van der Waals surface area contributed by atoms with Crippen LogP contribution in [0, 0.1) is 11.3 Å². The lowest BCUT2D eigenvalue weighted by Gasteiger charge is -2.29. The zero-order chi connectivity index (χ0) is 15.2. The molecule has 0 saturated carbocycles. The lowest BCUT2D eigenvalue weighted by molar-refractivity contribution is 0.0368. The van der Waals surface area contributed by atoms with E-state index in [-0.39, 0.29) is 6.04 Å². The van der Waals surface area contributed by atoms with Crippen LogP contribution >= 0.6 is 0 Å². The standard InChI is InChI=1S/C16H24N4O/c1-12(2)15-5-4-14(10-17)16(19-15)18-13(3)11-20-6-8-21-9-7-20/h4-5,12-13H,6-9,11H2,1-3H3,(H,18,19)/t13-/m0/s1. The smallest absolute Gasteiger partial charge is 0.144 e. The minimum Gasteiger partial charge on any atom is -0.379 e. The number of ether oxygens (including phenoxy) is 1. The van der Waals surface area contributed by atoms with Gasteiger partial charge in [-0.15, -0.1) is 0 Å². The first-order valence-corrected chi connectivity index (χ1v) is 7.58. The van der Waals surface area contributed by atoms with Gasteiger partial charge in [-0.25, -0.2) is 4.98 Å². The molecule has 0 bridgehead atoms. The Kier molecular flexibility index (Phi) is 5.54. The number of aromatic nitrogens is 1. The molecule has 0 unspecified atom stereocenters. The summed E-state index contributed by atoms with van der Waals surface area (Å²) in [5.74, 6) is 1.05. The number of hydrogen-bond acceptors (Lipinski definition) is 5. The first-order chi connectivity index (χ1) is 10.1. The van der Waals surface area contributed by atoms with Crippen molar-refractivity contribution in [2.24, 2.45) is 0 Å². The molecule has 2 rings (SSSR count). The Bertz CT molecular complexity index is 503. The monoisotopic (exact) mass is 288 g/mol. The summed E-state index contributed by atoms with van der Waals surface area (Å²) >= 11 is 0. The fraction of sp³-hybridized carbons (Fsp3) is 0.625. The second kappa shape index (κ2) is 7.39. The van der Waals surface area contributed by atoms with Gasteiger partial charge in [0, 0.05) is 31.4 Å². The maximum absolute atomic E-state index is 9.23. The molecule has 0 amide bonds. The fourth-order valence-corrected chi connectivity index (χ4v) is 2.45. The highest BCUT2D eigenvalue weighted by Gasteiger charge is 2.15. The molecule has 1 atom stereocenters. The van der Waals surface area contributed by atoms with Crippen molar-refractivity contribution in [3.63, 3.8) is 0 Å². The lowest BCUT2D eigenvalue weighted by Crippen LogP contribution is -2.42. The second-order valence-corrected chi connectivity index (χ2v) is 5.86. The molecule has 1 N–H and O–H groups in total. The Morgan fingerprint density at radius 3 is 2.67 bits per heavy atom. The molecule has 1 aliphatic rings. The first kappa shape index (κ1) is 15.7. The molecule has 5 nitrogen and oxygen atoms in total. The topological polar surface area (TPSA) is 61.2 Å². The maximum Gasteiger partial charge on any atom is 0.144 e. The Morgan fingerprint density at radius 1 is 1.33 bits per heavy atom. The van der Waals surface area contributed by atoms with Gasteiger partial charge in [-0.3, -0.25) is 4.90 Å². The fourth-order valence-electron chi connectivity index (χ4n) is 2.45. The van der Waals surface area contributed by atoms with Crippen LogP contribution in [-0.2, 0) is 4.74 Å². The van der Waals surface area contributed by atoms with E-state index in [9.17, 15) is 5.26 Å². The van der Waals surface area contributed by atoms with Gasteiger partial charge in [0.05, 0.1) is 18.8 Å². The van der Waals surface area contributed by atoms with E-state index < -0.39 is 0 Å². The summed E-state index contributed by atoms with van der Waals surface area (Å²) < 4.78 is 5.36. The first-order valence-electron chi connectivity index (χ1n) is 7.58. The van der Waals surface area contributed by atoms with Crippen molar-refractivity contribution >= 4 is 5.82 Å². The van der Waals surface area contributed by atoms with Crippen LogP contribution in [0.5, 0.6) is 0 Å². The number of nitriles is 1. The van der Waals surface area contributed by atoms with Crippen molar-refractivity contribution in [1.29, 1.82) is 5.26 Å². The van der Waals surface area contributed by atoms with Crippen molar-refractivity contribution in [3.05, 3.63) is 23.4 Å². The van der Waals surface area contributed by atoms with Gasteiger partial charge in [-0.05, 0) is 25.0 Å². The highest BCUT2D eigenvalue weighted by molar-refractivity contribution is 5.53. The highest BCUT2D eigenvalue weighted by Crippen LogP contribution is 2.19. The van der Waals surface area contributed by atoms with E-state index in [0.29, 0.717) is 17.3 Å². The summed E-state index contributed by atoms with van der Waals surface area (Å²) in [6.07, 6.45) is 0. The van der Waals surface area contributed by atoms with E-state index in [4.69, 9.17) is 4.74 Å². The SMILES string of the molecule is CC(C)c1ccc(C#N)c(N[C@@H](C)CN2CCOCC2)n1. The molecule has 1 aliphatic heterocycles. The maximum atomic E-state index is 9.23. The molecule has 2 heterocycles. The summed E-state index contributed by atoms with van der Waals surface area (Å²) in [4.78, 5) is 6.97. The number of nitrogens with zero attached hydrogens (tertiary/aromatic N) is 3. The Morgan fingerprint density at radius 2 is 2.05 bits per heavy atom. The number of rotatable bonds is 5. The Labute approximate surface area is 126 Å². The van der Waals surface area contributed by atoms with Gasteiger partial charge in [0.25, 0.3) is 0 Å². The van der Waals surface area contributed by atoms with Gasteiger partial charge in [-0.1, -0.05) is 13.8 Å². The molecule has 0 spiro atoms. The van der Waals surface area contributed by atoms with Gasteiger partial charge in [0.1, 0.15) is 11.9 Å². The third kappa shape index (κ3) is 4.42. The molecule has 21 heavy (non-hydrogen) atoms. The molecule has 1 aromatic rings. The predicted molar refractivity (Wildman–Crippen MR) is 83.4 cm³/mol. The van der Waals surface area contributed by atoms with Crippen molar-refractivity contribution < 1.29 is 4.74 Å². The van der Waals surface area contributed by atoms with Crippen molar-refractivity contribution in [2.45, 2.75) is 32.7 Å². The third-order valence-corrected chi connectivity index (χ3v) is 3.65. The molecule has 5 heteroatoms. The Balaban J connectivity index is 2.03. The number of pyridine rings is 1. The minimum absolute atomic E-state index is 0.241. The van der Waals surface area contributed by atoms with Crippen LogP contribution in [0.25, 0.3) is 0 Å². The van der Waals surface area contributed by atoms with Crippen molar-refractivity contribution in [1.82, 2.24) is 9.88 Å². The van der Waals surface area contributed by atoms with Crippen molar-refractivity contribution in [2.75, 3.05) is 38.2 Å². The summed E-state index contributed by atoms with van der Waals surface area (Å²) in [5.41, 5.74) is 1.61. The Hall–Kier alpha value is -1.64. The molecule has 114 valence electrons. The van der Waals surface area contributed by atoms with Gasteiger partial charge in [0.2, 0.25) is 0 Å². The number of hydrogen-bond donors (Lipinski definition) is 1. The van der Waals surface area contributed by atoms with E-state index in [1.165, 1.54) is 0 Å². The average molecular weight is 288 g/mol. The molecule has 1 fully saturated rings. The van der Waals surface area contributed by atoms with Gasteiger partial charge in [-0.2, -0.15) is 5.26 Å². The van der Waals surface area contributed by atoms with E-state index >= 15 is 0 Å². The summed E-state index contributed by atoms with van der Waals surface area (Å²) in [5, 5.41) is 12.6. The molecule has 1 aromatic heterocycles. The van der Waals surface area contributed by atoms with E-state index in [1.807, 2.05) is 12.1 Å². The van der Waals surface area contributed by atoms with Crippen LogP contribution < -0.4 is 5.32 Å². The van der Waals surface area contributed by atoms with E-state index in [0.717, 1.165) is 38.5 Å². The van der Waals surface area contributed by atoms with E-state index in [2.05, 4.69) is 42.0 Å². The number of morpholine rings is 1. The van der Waals surface area contributed by atoms with Crippen molar-refractivity contribution in [3.8, 4) is 6.07 Å². The molecule has 0 aliphatic carbocycles. The normalized spacial score (nSPS) is 17.5. The molecule has 0 radical (unpaired) electrons. The second-order valence-electron chi connectivity index (χ2n) is 5.86. The van der Waals surface area contributed by atoms with Crippen LogP contribution in [0.2, 0.25) is 0 Å². The summed E-state index contributed by atoms with van der Waals surface area (Å²) in [6.45, 7) is 10.8. The van der Waals surface area contributed by atoms with E-state index in [1.54, 1.807) is 0 Å². The van der Waals surface area contributed by atoms with Gasteiger partial charge < -0.3 is 10.1 Å². The number of nitrogens with one attached hydrogen (secondary N) is 1. The van der Waals surface area contributed by atoms with Crippen LogP contribution in [0.4, 0.5) is 5.82 Å². The lowest BCUT2D eigenvalue weighted by atomic mass is 10.1. The molecular weight excluding hydrogens is 264 g/mol. The minimum atomic E-state index is 0.241. The summed E-state index contributed by atoms with van der Waals surface area (Å²) in [6, 6.07) is 6.24. The quantitative estimate of drug-likeness (QED) is 0.900. The third-order valence-electron chi connectivity index (χ3n) is 3.65. The predicted octanol–water partition coefficient (Wildman–Crippen LogP) is 2.21. The van der Waals surface area contributed by atoms with Gasteiger partial charge in [0.15, 0.2) is 0 Å². The zero-order valence-electron chi connectivity index (χ0n) is 13.1. The zero-order valence-corrected chi connectivity index (χ0v) is 13.1. The molecular formula is C16H24N4O. The highest BCUT2D eigenvalue weighted by atomic mass is 16.5. The van der Waals surface area contributed by atoms with Crippen LogP contribution in [0.1, 0.15) is 37.9 Å². The van der Waals surface area contributed by atoms with Crippen LogP contribution in [0.15, 0.2) is 12.1 Å². The molecule has 0 aromatic carbocycles.